The first-order chi connectivity index (χ1) is 16.6. The third kappa shape index (κ3) is 4.63. The molecule has 0 spiro atoms. The predicted molar refractivity (Wildman–Crippen MR) is 129 cm³/mol. The second kappa shape index (κ2) is 9.61. The van der Waals surface area contributed by atoms with Crippen LogP contribution in [0.1, 0.15) is 35.0 Å². The molecule has 1 fully saturated rings. The molecule has 0 saturated carbocycles. The van der Waals surface area contributed by atoms with Crippen molar-refractivity contribution in [1.82, 2.24) is 14.9 Å². The first kappa shape index (κ1) is 22.0. The quantitative estimate of drug-likeness (QED) is 0.631. The summed E-state index contributed by atoms with van der Waals surface area (Å²) in [6.07, 6.45) is 0.904. The van der Waals surface area contributed by atoms with Crippen LogP contribution in [0.3, 0.4) is 0 Å². The normalized spacial score (nSPS) is 15.7. The van der Waals surface area contributed by atoms with Crippen LogP contribution in [0.25, 0.3) is 11.4 Å². The van der Waals surface area contributed by atoms with E-state index in [0.717, 1.165) is 48.6 Å². The fraction of sp³-hybridized carbons (Fsp3) is 0.308. The number of aromatic nitrogens is 2. The monoisotopic (exact) mass is 457 g/mol. The third-order valence-corrected chi connectivity index (χ3v) is 6.03. The lowest BCUT2D eigenvalue weighted by Gasteiger charge is -2.23. The molecule has 34 heavy (non-hydrogen) atoms. The molecule has 0 unspecified atom stereocenters. The molecule has 2 aliphatic rings. The molecule has 3 aromatic rings. The lowest BCUT2D eigenvalue weighted by atomic mass is 10.1. The number of hydrogen-bond acceptors (Lipinski definition) is 6. The summed E-state index contributed by atoms with van der Waals surface area (Å²) in [6, 6.07) is 17.3. The van der Waals surface area contributed by atoms with Crippen LogP contribution < -0.4 is 10.2 Å². The van der Waals surface area contributed by atoms with Gasteiger partial charge in [0.25, 0.3) is 5.91 Å². The maximum atomic E-state index is 13.4. The summed E-state index contributed by atoms with van der Waals surface area (Å²) >= 11 is 0. The summed E-state index contributed by atoms with van der Waals surface area (Å²) in [4.78, 5) is 38.5. The number of nitrogens with one attached hydrogen (secondary N) is 1. The van der Waals surface area contributed by atoms with Gasteiger partial charge in [0, 0.05) is 50.0 Å². The molecule has 1 saturated heterocycles. The molecule has 0 radical (unpaired) electrons. The van der Waals surface area contributed by atoms with Gasteiger partial charge in [0.15, 0.2) is 5.82 Å². The van der Waals surface area contributed by atoms with E-state index in [4.69, 9.17) is 14.7 Å². The molecule has 2 aliphatic heterocycles. The highest BCUT2D eigenvalue weighted by molar-refractivity contribution is 5.98. The Morgan fingerprint density at radius 1 is 1.03 bits per heavy atom. The van der Waals surface area contributed by atoms with E-state index < -0.39 is 0 Å². The fourth-order valence-electron chi connectivity index (χ4n) is 4.39. The third-order valence-electron chi connectivity index (χ3n) is 6.03. The Hall–Kier alpha value is -3.78. The van der Waals surface area contributed by atoms with Crippen LogP contribution in [0.15, 0.2) is 54.6 Å². The summed E-state index contributed by atoms with van der Waals surface area (Å²) in [6.45, 7) is 5.37. The number of fused-ring (bicyclic) bond motifs is 1. The molecule has 0 bridgehead atoms. The van der Waals surface area contributed by atoms with E-state index in [1.54, 1.807) is 0 Å². The van der Waals surface area contributed by atoms with Gasteiger partial charge in [-0.05, 0) is 36.2 Å². The Kier molecular flexibility index (Phi) is 6.22. The van der Waals surface area contributed by atoms with Gasteiger partial charge in [-0.25, -0.2) is 9.97 Å². The average molecular weight is 458 g/mol. The minimum Gasteiger partial charge on any atom is -0.380 e. The van der Waals surface area contributed by atoms with Gasteiger partial charge >= 0.3 is 0 Å². The van der Waals surface area contributed by atoms with Crippen LogP contribution in [-0.4, -0.2) is 53.0 Å². The van der Waals surface area contributed by atoms with Crippen LogP contribution in [0.2, 0.25) is 0 Å². The van der Waals surface area contributed by atoms with Crippen molar-refractivity contribution in [1.29, 1.82) is 0 Å². The zero-order valence-corrected chi connectivity index (χ0v) is 19.2. The minimum atomic E-state index is -0.128. The zero-order chi connectivity index (χ0) is 23.5. The fourth-order valence-corrected chi connectivity index (χ4v) is 4.39. The second-order valence-corrected chi connectivity index (χ2v) is 8.56. The van der Waals surface area contributed by atoms with Crippen molar-refractivity contribution < 1.29 is 14.3 Å². The lowest BCUT2D eigenvalue weighted by molar-refractivity contribution is -0.114. The van der Waals surface area contributed by atoms with Gasteiger partial charge in [-0.15, -0.1) is 0 Å². The van der Waals surface area contributed by atoms with Crippen LogP contribution in [0.4, 0.5) is 11.5 Å². The first-order valence-corrected chi connectivity index (χ1v) is 11.5. The van der Waals surface area contributed by atoms with E-state index in [-0.39, 0.29) is 11.8 Å². The van der Waals surface area contributed by atoms with E-state index in [9.17, 15) is 9.59 Å². The van der Waals surface area contributed by atoms with Gasteiger partial charge in [0.1, 0.15) is 11.5 Å². The van der Waals surface area contributed by atoms with Crippen LogP contribution in [0.5, 0.6) is 0 Å². The smallest absolute Gasteiger partial charge is 0.273 e. The number of carbonyl (C=O) groups excluding carboxylic acids is 2. The van der Waals surface area contributed by atoms with Crippen molar-refractivity contribution in [3.05, 3.63) is 71.4 Å². The topological polar surface area (TPSA) is 87.7 Å². The molecule has 3 heterocycles. The van der Waals surface area contributed by atoms with Crippen molar-refractivity contribution in [2.24, 2.45) is 0 Å². The average Bonchev–Trinajstić information content (AvgIpc) is 3.01. The highest BCUT2D eigenvalue weighted by Crippen LogP contribution is 2.33. The molecular formula is C26H27N5O3. The number of benzene rings is 2. The van der Waals surface area contributed by atoms with Crippen LogP contribution in [0, 0.1) is 0 Å². The standard InChI is InChI=1S/C26H27N5O3/c1-18(32)27-21-10-8-20(9-11-21)24-28-23-22(25(29-24)30-12-5-14-34-15-13-30)17-31(26(23)33)16-19-6-3-2-4-7-19/h2-4,6-11H,5,12-17H2,1H3,(H,27,32). The molecule has 2 amide bonds. The zero-order valence-electron chi connectivity index (χ0n) is 19.2. The van der Waals surface area contributed by atoms with Gasteiger partial charge in [0.05, 0.1) is 13.2 Å². The SMILES string of the molecule is CC(=O)Nc1ccc(-c2nc3c(c(N4CCCOCC4)n2)CN(Cc2ccccc2)C3=O)cc1. The van der Waals surface area contributed by atoms with Gasteiger partial charge in [-0.3, -0.25) is 9.59 Å². The molecule has 174 valence electrons. The second-order valence-electron chi connectivity index (χ2n) is 8.56. The number of rotatable bonds is 5. The Morgan fingerprint density at radius 3 is 2.59 bits per heavy atom. The Labute approximate surface area is 198 Å². The number of amides is 2. The molecule has 0 aliphatic carbocycles. The Morgan fingerprint density at radius 2 is 1.82 bits per heavy atom. The van der Waals surface area contributed by atoms with Gasteiger partial charge in [0.2, 0.25) is 5.91 Å². The highest BCUT2D eigenvalue weighted by atomic mass is 16.5. The van der Waals surface area contributed by atoms with Crippen LogP contribution in [-0.2, 0) is 22.6 Å². The Balaban J connectivity index is 1.52. The first-order valence-electron chi connectivity index (χ1n) is 11.5. The molecule has 1 N–H and O–H groups in total. The number of hydrogen-bond donors (Lipinski definition) is 1. The van der Waals surface area contributed by atoms with E-state index in [1.807, 2.05) is 59.5 Å². The van der Waals surface area contributed by atoms with Crippen molar-refractivity contribution in [3.63, 3.8) is 0 Å². The maximum absolute atomic E-state index is 13.4. The summed E-state index contributed by atoms with van der Waals surface area (Å²) in [5.41, 5.74) is 3.91. The summed E-state index contributed by atoms with van der Waals surface area (Å²) in [7, 11) is 0. The minimum absolute atomic E-state index is 0.0790. The van der Waals surface area contributed by atoms with E-state index >= 15 is 0 Å². The van der Waals surface area contributed by atoms with Gasteiger partial charge < -0.3 is 19.9 Å². The number of carbonyl (C=O) groups is 2. The summed E-state index contributed by atoms with van der Waals surface area (Å²) in [5.74, 6) is 1.10. The Bertz CT molecular complexity index is 1190. The van der Waals surface area contributed by atoms with E-state index in [1.165, 1.54) is 6.92 Å². The maximum Gasteiger partial charge on any atom is 0.273 e. The highest BCUT2D eigenvalue weighted by Gasteiger charge is 2.34. The van der Waals surface area contributed by atoms with E-state index in [0.29, 0.717) is 36.9 Å². The van der Waals surface area contributed by atoms with Crippen LogP contribution >= 0.6 is 0 Å². The van der Waals surface area contributed by atoms with Gasteiger partial charge in [-0.2, -0.15) is 0 Å². The number of anilines is 2. The molecule has 0 atom stereocenters. The molecule has 8 heteroatoms. The van der Waals surface area contributed by atoms with Crippen molar-refractivity contribution >= 4 is 23.3 Å². The van der Waals surface area contributed by atoms with Crippen molar-refractivity contribution in [3.8, 4) is 11.4 Å². The largest absolute Gasteiger partial charge is 0.380 e. The number of nitrogens with zero attached hydrogens (tertiary/aromatic N) is 4. The van der Waals surface area contributed by atoms with Gasteiger partial charge in [-0.1, -0.05) is 30.3 Å². The summed E-state index contributed by atoms with van der Waals surface area (Å²) in [5, 5.41) is 2.77. The van der Waals surface area contributed by atoms with E-state index in [2.05, 4.69) is 10.2 Å². The lowest BCUT2D eigenvalue weighted by Crippen LogP contribution is -2.28. The summed E-state index contributed by atoms with van der Waals surface area (Å²) < 4.78 is 5.65. The molecule has 8 nitrogen and oxygen atoms in total. The number of ether oxygens (including phenoxy) is 1. The molecule has 1 aromatic heterocycles. The van der Waals surface area contributed by atoms with Crippen molar-refractivity contribution in [2.75, 3.05) is 36.5 Å². The molecule has 5 rings (SSSR count). The van der Waals surface area contributed by atoms with Crippen molar-refractivity contribution in [2.45, 2.75) is 26.4 Å². The molecule has 2 aromatic carbocycles. The molecular weight excluding hydrogens is 430 g/mol. The predicted octanol–water partition coefficient (Wildman–Crippen LogP) is 3.48.